The van der Waals surface area contributed by atoms with Crippen molar-refractivity contribution in [3.63, 3.8) is 0 Å². The van der Waals surface area contributed by atoms with E-state index in [0.29, 0.717) is 12.3 Å². The van der Waals surface area contributed by atoms with Gasteiger partial charge in [0, 0.05) is 6.20 Å². The van der Waals surface area contributed by atoms with Gasteiger partial charge in [0.15, 0.2) is 5.82 Å². The molecule has 0 unspecified atom stereocenters. The van der Waals surface area contributed by atoms with Crippen LogP contribution in [0.5, 0.6) is 0 Å². The Kier molecular flexibility index (Phi) is 5.16. The Balaban J connectivity index is 2.32. The topological polar surface area (TPSA) is 112 Å². The molecule has 2 amide bonds. The van der Waals surface area contributed by atoms with Gasteiger partial charge in [0.05, 0.1) is 23.4 Å². The number of rotatable bonds is 3. The number of imide groups is 1. The third-order valence-corrected chi connectivity index (χ3v) is 3.17. The second-order valence-electron chi connectivity index (χ2n) is 4.56. The minimum absolute atomic E-state index is 0.0545. The Bertz CT molecular complexity index is 822. The van der Waals surface area contributed by atoms with Crippen LogP contribution in [0.25, 0.3) is 5.82 Å². The molecular formula is C13H11ClF3N5O3. The Labute approximate surface area is 143 Å². The largest absolute Gasteiger partial charge is 0.450 e. The van der Waals surface area contributed by atoms with E-state index in [1.54, 1.807) is 6.92 Å². The Hall–Kier alpha value is -2.82. The summed E-state index contributed by atoms with van der Waals surface area (Å²) in [7, 11) is 0. The molecule has 134 valence electrons. The van der Waals surface area contributed by atoms with Gasteiger partial charge in [0.25, 0.3) is 5.91 Å². The van der Waals surface area contributed by atoms with Crippen molar-refractivity contribution < 1.29 is 27.5 Å². The Morgan fingerprint density at radius 2 is 2.08 bits per heavy atom. The molecule has 0 fully saturated rings. The molecule has 2 aromatic heterocycles. The summed E-state index contributed by atoms with van der Waals surface area (Å²) in [4.78, 5) is 26.7. The molecule has 0 saturated carbocycles. The highest BCUT2D eigenvalue weighted by Crippen LogP contribution is 2.32. The summed E-state index contributed by atoms with van der Waals surface area (Å²) in [5.74, 6) is -1.37. The molecule has 0 radical (unpaired) electrons. The quantitative estimate of drug-likeness (QED) is 0.849. The average molecular weight is 378 g/mol. The predicted molar refractivity (Wildman–Crippen MR) is 80.3 cm³/mol. The van der Waals surface area contributed by atoms with Crippen molar-refractivity contribution in [2.24, 2.45) is 0 Å². The molecule has 0 aliphatic rings. The standard InChI is InChI=1S/C13H11ClF3N5O3/c1-2-25-12(24)21-11(23)7-5-20-22(9(7)18)10-8(14)3-6(4-19-10)13(15,16)17/h3-5H,2,18H2,1H3,(H,21,23,24). The Morgan fingerprint density at radius 1 is 1.40 bits per heavy atom. The number of nitrogens with one attached hydrogen (secondary N) is 1. The number of amides is 2. The van der Waals surface area contributed by atoms with Crippen LogP contribution < -0.4 is 11.1 Å². The molecule has 2 heterocycles. The number of nitrogens with zero attached hydrogens (tertiary/aromatic N) is 3. The maximum Gasteiger partial charge on any atom is 0.417 e. The summed E-state index contributed by atoms with van der Waals surface area (Å²) in [6.07, 6.45) is -4.03. The minimum Gasteiger partial charge on any atom is -0.450 e. The zero-order valence-electron chi connectivity index (χ0n) is 12.6. The first-order valence-electron chi connectivity index (χ1n) is 6.69. The zero-order chi connectivity index (χ0) is 18.8. The van der Waals surface area contributed by atoms with Crippen LogP contribution in [-0.2, 0) is 10.9 Å². The van der Waals surface area contributed by atoms with Gasteiger partial charge in [0.2, 0.25) is 0 Å². The van der Waals surface area contributed by atoms with E-state index in [2.05, 4.69) is 14.8 Å². The molecule has 0 bridgehead atoms. The first kappa shape index (κ1) is 18.5. The van der Waals surface area contributed by atoms with Gasteiger partial charge in [0.1, 0.15) is 11.4 Å². The van der Waals surface area contributed by atoms with E-state index in [-0.39, 0.29) is 28.8 Å². The van der Waals surface area contributed by atoms with Gasteiger partial charge >= 0.3 is 12.3 Å². The van der Waals surface area contributed by atoms with Crippen LogP contribution in [0.15, 0.2) is 18.5 Å². The highest BCUT2D eigenvalue weighted by Gasteiger charge is 2.32. The SMILES string of the molecule is CCOC(=O)NC(=O)c1cnn(-c2ncc(C(F)(F)F)cc2Cl)c1N. The number of carbonyl (C=O) groups is 2. The predicted octanol–water partition coefficient (Wildman–Crippen LogP) is 2.41. The van der Waals surface area contributed by atoms with Crippen LogP contribution >= 0.6 is 11.6 Å². The number of hydrogen-bond donors (Lipinski definition) is 2. The van der Waals surface area contributed by atoms with Crippen LogP contribution in [0.3, 0.4) is 0 Å². The molecule has 12 heteroatoms. The van der Waals surface area contributed by atoms with Crippen LogP contribution in [-0.4, -0.2) is 33.4 Å². The lowest BCUT2D eigenvalue weighted by atomic mass is 10.2. The maximum absolute atomic E-state index is 12.6. The van der Waals surface area contributed by atoms with Gasteiger partial charge in [-0.2, -0.15) is 23.0 Å². The zero-order valence-corrected chi connectivity index (χ0v) is 13.4. The number of halogens is 4. The fourth-order valence-electron chi connectivity index (χ4n) is 1.77. The molecule has 0 atom stereocenters. The lowest BCUT2D eigenvalue weighted by molar-refractivity contribution is -0.137. The smallest absolute Gasteiger partial charge is 0.417 e. The van der Waals surface area contributed by atoms with Gasteiger partial charge < -0.3 is 10.5 Å². The summed E-state index contributed by atoms with van der Waals surface area (Å²) < 4.78 is 43.3. The second-order valence-corrected chi connectivity index (χ2v) is 4.96. The number of nitrogens with two attached hydrogens (primary N) is 1. The Morgan fingerprint density at radius 3 is 2.64 bits per heavy atom. The third kappa shape index (κ3) is 3.99. The number of aromatic nitrogens is 3. The summed E-state index contributed by atoms with van der Waals surface area (Å²) in [6, 6.07) is 0.656. The number of pyridine rings is 1. The fourth-order valence-corrected chi connectivity index (χ4v) is 2.02. The summed E-state index contributed by atoms with van der Waals surface area (Å²) in [5.41, 5.74) is 4.49. The van der Waals surface area contributed by atoms with Crippen molar-refractivity contribution in [2.45, 2.75) is 13.1 Å². The van der Waals surface area contributed by atoms with Crippen LogP contribution in [0.2, 0.25) is 5.02 Å². The molecule has 3 N–H and O–H groups in total. The first-order valence-corrected chi connectivity index (χ1v) is 7.07. The summed E-state index contributed by atoms with van der Waals surface area (Å²) >= 11 is 5.80. The molecule has 25 heavy (non-hydrogen) atoms. The fraction of sp³-hybridized carbons (Fsp3) is 0.231. The van der Waals surface area contributed by atoms with E-state index in [4.69, 9.17) is 17.3 Å². The molecule has 0 saturated heterocycles. The third-order valence-electron chi connectivity index (χ3n) is 2.89. The number of anilines is 1. The number of hydrogen-bond acceptors (Lipinski definition) is 6. The van der Waals surface area contributed by atoms with E-state index < -0.39 is 23.7 Å². The lowest BCUT2D eigenvalue weighted by Gasteiger charge is -2.10. The number of alkyl carbamates (subject to hydrolysis) is 1. The molecular weight excluding hydrogens is 367 g/mol. The van der Waals surface area contributed by atoms with E-state index in [0.717, 1.165) is 10.9 Å². The highest BCUT2D eigenvalue weighted by molar-refractivity contribution is 6.32. The van der Waals surface area contributed by atoms with E-state index >= 15 is 0 Å². The molecule has 0 spiro atoms. The first-order chi connectivity index (χ1) is 11.6. The molecule has 2 aromatic rings. The number of ether oxygens (including phenoxy) is 1. The lowest BCUT2D eigenvalue weighted by Crippen LogP contribution is -2.31. The highest BCUT2D eigenvalue weighted by atomic mass is 35.5. The van der Waals surface area contributed by atoms with Crippen molar-refractivity contribution in [3.05, 3.63) is 34.6 Å². The number of carbonyl (C=O) groups excluding carboxylic acids is 2. The van der Waals surface area contributed by atoms with Gasteiger partial charge in [-0.25, -0.2) is 9.78 Å². The van der Waals surface area contributed by atoms with Gasteiger partial charge in [-0.1, -0.05) is 11.6 Å². The monoisotopic (exact) mass is 377 g/mol. The van der Waals surface area contributed by atoms with Crippen molar-refractivity contribution in [1.82, 2.24) is 20.1 Å². The van der Waals surface area contributed by atoms with Crippen LogP contribution in [0.4, 0.5) is 23.8 Å². The van der Waals surface area contributed by atoms with Gasteiger partial charge in [-0.05, 0) is 13.0 Å². The average Bonchev–Trinajstić information content (AvgIpc) is 2.88. The molecule has 0 aromatic carbocycles. The van der Waals surface area contributed by atoms with Crippen molar-refractivity contribution in [1.29, 1.82) is 0 Å². The number of alkyl halides is 3. The van der Waals surface area contributed by atoms with Gasteiger partial charge in [-0.3, -0.25) is 10.1 Å². The molecule has 2 rings (SSSR count). The van der Waals surface area contributed by atoms with E-state index in [1.807, 2.05) is 5.32 Å². The second kappa shape index (κ2) is 6.97. The number of nitrogen functional groups attached to an aromatic ring is 1. The summed E-state index contributed by atoms with van der Waals surface area (Å²) in [6.45, 7) is 1.60. The molecule has 0 aliphatic heterocycles. The van der Waals surface area contributed by atoms with E-state index in [9.17, 15) is 22.8 Å². The van der Waals surface area contributed by atoms with Crippen LogP contribution in [0.1, 0.15) is 22.8 Å². The summed E-state index contributed by atoms with van der Waals surface area (Å²) in [5, 5.41) is 5.30. The van der Waals surface area contributed by atoms with Crippen LogP contribution in [0, 0.1) is 0 Å². The maximum atomic E-state index is 12.6. The normalized spacial score (nSPS) is 11.2. The minimum atomic E-state index is -4.62. The van der Waals surface area contributed by atoms with Crippen molar-refractivity contribution >= 4 is 29.4 Å². The van der Waals surface area contributed by atoms with E-state index in [1.165, 1.54) is 0 Å². The van der Waals surface area contributed by atoms with Crippen molar-refractivity contribution in [3.8, 4) is 5.82 Å². The van der Waals surface area contributed by atoms with Crippen molar-refractivity contribution in [2.75, 3.05) is 12.3 Å². The van der Waals surface area contributed by atoms with Gasteiger partial charge in [-0.15, -0.1) is 0 Å². The molecule has 8 nitrogen and oxygen atoms in total. The molecule has 0 aliphatic carbocycles.